The van der Waals surface area contributed by atoms with Crippen molar-refractivity contribution >= 4 is 70.7 Å². The molecule has 0 aromatic carbocycles. The van der Waals surface area contributed by atoms with E-state index in [2.05, 4.69) is 70.7 Å². The Hall–Kier alpha value is 3.38. The Kier molecular flexibility index (Phi) is 5.73. The third-order valence-electron chi connectivity index (χ3n) is 0. The second-order valence-corrected chi connectivity index (χ2v) is 70.6. The predicted octanol–water partition coefficient (Wildman–Crippen LogP) is 3.50. The molecule has 0 fully saturated rings. The van der Waals surface area contributed by atoms with Crippen molar-refractivity contribution in [3.05, 3.63) is 0 Å². The summed E-state index contributed by atoms with van der Waals surface area (Å²) in [6, 6.07) is 0. The molecule has 0 bridgehead atoms. The SMILES string of the molecule is [Br][Ti]([I])([I])[I]. The average molecular weight is 508 g/mol. The molecular weight excluding hydrogens is 508 g/mol. The molecule has 0 aliphatic heterocycles. The topological polar surface area (TPSA) is 0 Å². The van der Waals surface area contributed by atoms with Gasteiger partial charge in [-0.2, -0.15) is 0 Å². The Morgan fingerprint density at radius 3 is 1.20 bits per heavy atom. The molecule has 0 saturated heterocycles. The molecule has 0 aliphatic carbocycles. The van der Waals surface area contributed by atoms with Crippen LogP contribution in [0.25, 0.3) is 0 Å². The second-order valence-electron chi connectivity index (χ2n) is 0.429. The van der Waals surface area contributed by atoms with Crippen LogP contribution in [-0.4, -0.2) is 0 Å². The van der Waals surface area contributed by atoms with Gasteiger partial charge in [0.25, 0.3) is 0 Å². The van der Waals surface area contributed by atoms with Gasteiger partial charge in [-0.05, 0) is 0 Å². The van der Waals surface area contributed by atoms with Crippen molar-refractivity contribution in [1.29, 1.82) is 0 Å². The monoisotopic (exact) mass is 508 g/mol. The molecule has 0 rings (SSSR count). The van der Waals surface area contributed by atoms with Crippen LogP contribution in [0.2, 0.25) is 0 Å². The van der Waals surface area contributed by atoms with E-state index < -0.39 is 3.25 Å². The van der Waals surface area contributed by atoms with E-state index in [0.717, 1.165) is 0 Å². The molecule has 0 unspecified atom stereocenters. The first kappa shape index (κ1) is 8.38. The molecule has 0 radical (unpaired) electrons. The van der Waals surface area contributed by atoms with Gasteiger partial charge in [0.1, 0.15) is 0 Å². The molecule has 32 valence electrons. The zero-order chi connectivity index (χ0) is 4.50. The van der Waals surface area contributed by atoms with Crippen molar-refractivity contribution < 1.29 is 3.25 Å². The van der Waals surface area contributed by atoms with E-state index in [-0.39, 0.29) is 0 Å². The van der Waals surface area contributed by atoms with Gasteiger partial charge in [-0.3, -0.25) is 0 Å². The van der Waals surface area contributed by atoms with E-state index in [9.17, 15) is 0 Å². The standard InChI is InChI=1S/BrH.3HI.Ti/h4*1H;/q;;;;+4/p-4. The summed E-state index contributed by atoms with van der Waals surface area (Å²) in [6.45, 7) is 0. The molecule has 0 saturated carbocycles. The molecule has 0 N–H and O–H groups in total. The van der Waals surface area contributed by atoms with Crippen LogP contribution in [0.4, 0.5) is 0 Å². The Bertz CT molecular complexity index is 22.4. The Labute approximate surface area is 71.7 Å². The summed E-state index contributed by atoms with van der Waals surface area (Å²) in [4.78, 5) is 0. The quantitative estimate of drug-likeness (QED) is 0.347. The van der Waals surface area contributed by atoms with Crippen molar-refractivity contribution in [2.75, 3.05) is 0 Å². The third kappa shape index (κ3) is 18.7. The fourth-order valence-electron chi connectivity index (χ4n) is 0. The molecule has 0 atom stereocenters. The van der Waals surface area contributed by atoms with Gasteiger partial charge >= 0.3 is 74.0 Å². The van der Waals surface area contributed by atoms with Gasteiger partial charge in [-0.15, -0.1) is 0 Å². The molecule has 0 aliphatic rings. The van der Waals surface area contributed by atoms with E-state index in [0.29, 0.717) is 0 Å². The first-order valence-electron chi connectivity index (χ1n) is 0.756. The van der Waals surface area contributed by atoms with Gasteiger partial charge < -0.3 is 0 Å². The van der Waals surface area contributed by atoms with Crippen LogP contribution in [0.3, 0.4) is 0 Å². The zero-order valence-electron chi connectivity index (χ0n) is 2.01. The first-order valence-corrected chi connectivity index (χ1v) is 19.7. The number of hydrogen-bond acceptors (Lipinski definition) is 0. The zero-order valence-corrected chi connectivity index (χ0v) is 11.6. The van der Waals surface area contributed by atoms with Gasteiger partial charge in [0.05, 0.1) is 0 Å². The van der Waals surface area contributed by atoms with Crippen LogP contribution >= 0.6 is 70.7 Å². The molecule has 0 heterocycles. The normalized spacial score (nSPS) is 12.0. The summed E-state index contributed by atoms with van der Waals surface area (Å²) in [5.74, 6) is 0. The van der Waals surface area contributed by atoms with Crippen molar-refractivity contribution in [2.24, 2.45) is 0 Å². The average Bonchev–Trinajstić information content (AvgIpc) is 0.722. The van der Waals surface area contributed by atoms with Crippen molar-refractivity contribution in [3.8, 4) is 0 Å². The van der Waals surface area contributed by atoms with Gasteiger partial charge in [-0.25, -0.2) is 0 Å². The minimum atomic E-state index is -1.28. The molecular formula is BrI3Ti. The molecule has 0 spiro atoms. The van der Waals surface area contributed by atoms with Crippen molar-refractivity contribution in [3.63, 3.8) is 0 Å². The van der Waals surface area contributed by atoms with Crippen molar-refractivity contribution in [1.82, 2.24) is 0 Å². The van der Waals surface area contributed by atoms with Crippen LogP contribution in [0.15, 0.2) is 0 Å². The van der Waals surface area contributed by atoms with Crippen LogP contribution in [0.1, 0.15) is 0 Å². The Morgan fingerprint density at radius 2 is 1.20 bits per heavy atom. The van der Waals surface area contributed by atoms with Crippen LogP contribution in [-0.2, 0) is 3.25 Å². The first-order chi connectivity index (χ1) is 2.00. The van der Waals surface area contributed by atoms with Gasteiger partial charge in [0.2, 0.25) is 0 Å². The van der Waals surface area contributed by atoms with Crippen LogP contribution in [0.5, 0.6) is 0 Å². The molecule has 0 nitrogen and oxygen atoms in total. The van der Waals surface area contributed by atoms with E-state index in [4.69, 9.17) is 0 Å². The predicted molar refractivity (Wildman–Crippen MR) is 51.0 cm³/mol. The fourth-order valence-corrected chi connectivity index (χ4v) is 0. The number of hydrogen-bond donors (Lipinski definition) is 0. The molecule has 0 aromatic rings. The summed E-state index contributed by atoms with van der Waals surface area (Å²) in [5, 5.41) is 0. The maximum absolute atomic E-state index is 3.52. The summed E-state index contributed by atoms with van der Waals surface area (Å²) in [5.41, 5.74) is 0. The van der Waals surface area contributed by atoms with E-state index in [1.165, 1.54) is 0 Å². The van der Waals surface area contributed by atoms with Gasteiger partial charge in [0, 0.05) is 0 Å². The van der Waals surface area contributed by atoms with Crippen LogP contribution < -0.4 is 0 Å². The molecule has 5 heavy (non-hydrogen) atoms. The van der Waals surface area contributed by atoms with E-state index in [1.54, 1.807) is 0 Å². The maximum atomic E-state index is 3.52. The third-order valence-corrected chi connectivity index (χ3v) is 0. The number of halogens is 4. The fraction of sp³-hybridized carbons (Fsp3) is 0. The number of rotatable bonds is 0. The Morgan fingerprint density at radius 1 is 1.20 bits per heavy atom. The van der Waals surface area contributed by atoms with E-state index >= 15 is 0 Å². The summed E-state index contributed by atoms with van der Waals surface area (Å²) < 4.78 is -1.28. The molecule has 0 amide bonds. The summed E-state index contributed by atoms with van der Waals surface area (Å²) in [6.07, 6.45) is 0. The molecule has 5 heteroatoms. The summed E-state index contributed by atoms with van der Waals surface area (Å²) >= 11 is 10.9. The second kappa shape index (κ2) is 3.42. The Balaban J connectivity index is 3.02. The van der Waals surface area contributed by atoms with Gasteiger partial charge in [-0.1, -0.05) is 0 Å². The minimum absolute atomic E-state index is 1.28. The molecule has 0 aromatic heterocycles. The summed E-state index contributed by atoms with van der Waals surface area (Å²) in [7, 11) is 0. The van der Waals surface area contributed by atoms with Crippen molar-refractivity contribution in [2.45, 2.75) is 0 Å². The van der Waals surface area contributed by atoms with E-state index in [1.807, 2.05) is 0 Å². The van der Waals surface area contributed by atoms with Crippen LogP contribution in [0, 0.1) is 0 Å². The van der Waals surface area contributed by atoms with Gasteiger partial charge in [0.15, 0.2) is 0 Å².